The van der Waals surface area contributed by atoms with Gasteiger partial charge >= 0.3 is 0 Å². The van der Waals surface area contributed by atoms with E-state index in [-0.39, 0.29) is 6.10 Å². The molecule has 1 aromatic heterocycles. The van der Waals surface area contributed by atoms with Gasteiger partial charge in [-0.1, -0.05) is 11.6 Å². The zero-order valence-corrected chi connectivity index (χ0v) is 15.8. The summed E-state index contributed by atoms with van der Waals surface area (Å²) >= 11 is 6.06. The molecule has 0 aliphatic heterocycles. The zero-order valence-electron chi connectivity index (χ0n) is 15.0. The molecule has 3 rings (SSSR count). The minimum Gasteiger partial charge on any atom is -0.490 e. The van der Waals surface area contributed by atoms with Gasteiger partial charge in [0.25, 0.3) is 0 Å². The van der Waals surface area contributed by atoms with Crippen LogP contribution in [-0.2, 0) is 7.05 Å². The number of rotatable bonds is 3. The predicted molar refractivity (Wildman–Crippen MR) is 99.8 cm³/mol. The maximum atomic E-state index is 8.91. The molecule has 0 amide bonds. The first-order valence-electron chi connectivity index (χ1n) is 8.50. The number of benzene rings is 1. The molecule has 1 heterocycles. The van der Waals surface area contributed by atoms with Crippen molar-refractivity contribution in [3.8, 4) is 11.8 Å². The normalized spacial score (nSPS) is 19.5. The fourth-order valence-corrected chi connectivity index (χ4v) is 3.40. The molecule has 6 heteroatoms. The van der Waals surface area contributed by atoms with Crippen molar-refractivity contribution in [3.05, 3.63) is 46.5 Å². The number of aromatic nitrogens is 2. The van der Waals surface area contributed by atoms with E-state index >= 15 is 0 Å². The van der Waals surface area contributed by atoms with Crippen LogP contribution in [0.4, 0.5) is 0 Å². The molecule has 0 atom stereocenters. The Morgan fingerprint density at radius 2 is 1.96 bits per heavy atom. The highest BCUT2D eigenvalue weighted by molar-refractivity contribution is 6.31. The molecule has 25 heavy (non-hydrogen) atoms. The van der Waals surface area contributed by atoms with E-state index in [2.05, 4.69) is 35.3 Å². The van der Waals surface area contributed by atoms with E-state index in [0.29, 0.717) is 16.5 Å². The van der Waals surface area contributed by atoms with Gasteiger partial charge in [-0.15, -0.1) is 0 Å². The van der Waals surface area contributed by atoms with E-state index in [1.54, 1.807) is 12.1 Å². The van der Waals surface area contributed by atoms with Gasteiger partial charge in [0, 0.05) is 30.9 Å². The summed E-state index contributed by atoms with van der Waals surface area (Å²) in [5.41, 5.74) is 6.18. The minimum absolute atomic E-state index is 0.205. The third-order valence-corrected chi connectivity index (χ3v) is 4.97. The molecule has 1 aliphatic rings. The van der Waals surface area contributed by atoms with Gasteiger partial charge < -0.3 is 15.0 Å². The van der Waals surface area contributed by atoms with Crippen LogP contribution < -0.4 is 10.5 Å². The smallest absolute Gasteiger partial charge is 0.121 e. The van der Waals surface area contributed by atoms with Crippen LogP contribution in [0.2, 0.25) is 5.02 Å². The number of imidazole rings is 1. The Kier molecular flexibility index (Phi) is 6.86. The second-order valence-corrected chi connectivity index (χ2v) is 6.57. The van der Waals surface area contributed by atoms with Crippen LogP contribution in [-0.4, -0.2) is 22.7 Å². The molecule has 0 saturated heterocycles. The van der Waals surface area contributed by atoms with Crippen LogP contribution in [0.25, 0.3) is 0 Å². The van der Waals surface area contributed by atoms with E-state index in [9.17, 15) is 0 Å². The van der Waals surface area contributed by atoms with Crippen LogP contribution in [0.3, 0.4) is 0 Å². The Morgan fingerprint density at radius 3 is 2.48 bits per heavy atom. The molecule has 0 spiro atoms. The van der Waals surface area contributed by atoms with Gasteiger partial charge in [-0.25, -0.2) is 4.98 Å². The Morgan fingerprint density at radius 1 is 1.28 bits per heavy atom. The van der Waals surface area contributed by atoms with Crippen molar-refractivity contribution >= 4 is 11.6 Å². The molecular weight excluding hydrogens is 336 g/mol. The summed E-state index contributed by atoms with van der Waals surface area (Å²) in [6.07, 6.45) is 6.33. The first kappa shape index (κ1) is 19.3. The molecule has 1 saturated carbocycles. The fourth-order valence-electron chi connectivity index (χ4n) is 3.18. The summed E-state index contributed by atoms with van der Waals surface area (Å²) in [5.74, 6) is 2.44. The predicted octanol–water partition coefficient (Wildman–Crippen LogP) is 3.93. The average Bonchev–Trinajstić information content (AvgIpc) is 2.97. The lowest BCUT2D eigenvalue weighted by Gasteiger charge is -2.28. The van der Waals surface area contributed by atoms with Gasteiger partial charge in [-0.05, 0) is 51.8 Å². The third-order valence-electron chi connectivity index (χ3n) is 4.66. The van der Waals surface area contributed by atoms with Gasteiger partial charge in [-0.2, -0.15) is 5.26 Å². The molecule has 1 fully saturated rings. The summed E-state index contributed by atoms with van der Waals surface area (Å²) in [6, 6.07) is 7.32. The highest BCUT2D eigenvalue weighted by Crippen LogP contribution is 2.34. The molecule has 2 N–H and O–H groups in total. The second-order valence-electron chi connectivity index (χ2n) is 6.16. The number of ether oxygens (including phenoxy) is 1. The maximum Gasteiger partial charge on any atom is 0.121 e. The lowest BCUT2D eigenvalue weighted by Crippen LogP contribution is -2.24. The summed E-state index contributed by atoms with van der Waals surface area (Å²) in [7, 11) is 3.58. The Balaban J connectivity index is 0.00000109. The van der Waals surface area contributed by atoms with Crippen LogP contribution in [0.15, 0.2) is 24.4 Å². The van der Waals surface area contributed by atoms with Gasteiger partial charge in [0.15, 0.2) is 0 Å². The Labute approximate surface area is 154 Å². The molecule has 1 aliphatic carbocycles. The Bertz CT molecular complexity index is 742. The van der Waals surface area contributed by atoms with Gasteiger partial charge in [0.2, 0.25) is 0 Å². The van der Waals surface area contributed by atoms with Crippen molar-refractivity contribution in [2.75, 3.05) is 7.05 Å². The number of aryl methyl sites for hydroxylation is 1. The molecule has 134 valence electrons. The van der Waals surface area contributed by atoms with Crippen LogP contribution in [0.5, 0.6) is 5.75 Å². The van der Waals surface area contributed by atoms with Crippen molar-refractivity contribution in [1.82, 2.24) is 9.55 Å². The lowest BCUT2D eigenvalue weighted by molar-refractivity contribution is 0.144. The molecule has 5 nitrogen and oxygen atoms in total. The van der Waals surface area contributed by atoms with Crippen molar-refractivity contribution in [2.24, 2.45) is 12.8 Å². The number of nitrogens with zero attached hydrogens (tertiary/aromatic N) is 3. The highest BCUT2D eigenvalue weighted by Gasteiger charge is 2.26. The summed E-state index contributed by atoms with van der Waals surface area (Å²) in [6.45, 7) is 2.08. The summed E-state index contributed by atoms with van der Waals surface area (Å²) in [4.78, 5) is 4.55. The highest BCUT2D eigenvalue weighted by atomic mass is 35.5. The molecular formula is C19H25ClN4O. The fraction of sp³-hybridized carbons (Fsp3) is 0.474. The van der Waals surface area contributed by atoms with Crippen molar-refractivity contribution in [3.63, 3.8) is 0 Å². The van der Waals surface area contributed by atoms with Crippen LogP contribution in [0, 0.1) is 18.3 Å². The van der Waals surface area contributed by atoms with E-state index < -0.39 is 0 Å². The van der Waals surface area contributed by atoms with Crippen LogP contribution in [0.1, 0.15) is 48.7 Å². The SMILES string of the molecule is CN.Cc1cnc(C2CCC(Oc3ccc(C#N)c(Cl)c3)CC2)n1C. The quantitative estimate of drug-likeness (QED) is 0.899. The molecule has 2 aromatic rings. The third kappa shape index (κ3) is 4.53. The Hall–Kier alpha value is -2.03. The first-order valence-corrected chi connectivity index (χ1v) is 8.88. The summed E-state index contributed by atoms with van der Waals surface area (Å²) < 4.78 is 8.22. The van der Waals surface area contributed by atoms with Crippen molar-refractivity contribution in [1.29, 1.82) is 5.26 Å². The van der Waals surface area contributed by atoms with Crippen molar-refractivity contribution < 1.29 is 4.74 Å². The molecule has 0 bridgehead atoms. The largest absolute Gasteiger partial charge is 0.490 e. The monoisotopic (exact) mass is 360 g/mol. The van der Waals surface area contributed by atoms with E-state index in [1.807, 2.05) is 12.3 Å². The zero-order chi connectivity index (χ0) is 18.4. The first-order chi connectivity index (χ1) is 12.1. The van der Waals surface area contributed by atoms with E-state index in [0.717, 1.165) is 31.4 Å². The maximum absolute atomic E-state index is 8.91. The van der Waals surface area contributed by atoms with Crippen LogP contribution >= 0.6 is 11.6 Å². The van der Waals surface area contributed by atoms with E-state index in [1.165, 1.54) is 18.6 Å². The number of halogens is 1. The standard InChI is InChI=1S/C18H20ClN3O.CH5N/c1-12-11-21-18(22(12)2)13-3-6-15(7-4-13)23-16-8-5-14(10-20)17(19)9-16;1-2/h5,8-9,11,13,15H,3-4,6-7H2,1-2H3;2H2,1H3. The lowest BCUT2D eigenvalue weighted by atomic mass is 9.86. The van der Waals surface area contributed by atoms with Gasteiger partial charge in [0.05, 0.1) is 16.7 Å². The molecule has 1 aromatic carbocycles. The summed E-state index contributed by atoms with van der Waals surface area (Å²) in [5, 5.41) is 9.36. The van der Waals surface area contributed by atoms with Gasteiger partial charge in [-0.3, -0.25) is 0 Å². The number of hydrogen-bond acceptors (Lipinski definition) is 4. The van der Waals surface area contributed by atoms with Gasteiger partial charge in [0.1, 0.15) is 17.6 Å². The second kappa shape index (κ2) is 8.89. The topological polar surface area (TPSA) is 76.9 Å². The minimum atomic E-state index is 0.205. The van der Waals surface area contributed by atoms with E-state index in [4.69, 9.17) is 21.6 Å². The number of hydrogen-bond donors (Lipinski definition) is 1. The number of nitriles is 1. The molecule has 0 unspecified atom stereocenters. The molecule has 0 radical (unpaired) electrons. The van der Waals surface area contributed by atoms with Crippen molar-refractivity contribution in [2.45, 2.75) is 44.6 Å². The average molecular weight is 361 g/mol. The number of nitrogens with two attached hydrogens (primary N) is 1.